The molecule has 112 valence electrons. The van der Waals surface area contributed by atoms with Crippen molar-refractivity contribution in [2.24, 2.45) is 0 Å². The Morgan fingerprint density at radius 1 is 1.05 bits per heavy atom. The van der Waals surface area contributed by atoms with Gasteiger partial charge in [0.05, 0.1) is 0 Å². The van der Waals surface area contributed by atoms with Crippen LogP contribution in [0.25, 0.3) is 0 Å². The highest BCUT2D eigenvalue weighted by molar-refractivity contribution is 5.32. The molecule has 1 N–H and O–H groups in total. The van der Waals surface area contributed by atoms with Crippen LogP contribution in [-0.4, -0.2) is 6.54 Å². The minimum absolute atomic E-state index is 0.112. The van der Waals surface area contributed by atoms with Crippen molar-refractivity contribution in [3.05, 3.63) is 70.3 Å². The van der Waals surface area contributed by atoms with E-state index in [0.717, 1.165) is 17.7 Å². The molecule has 0 bridgehead atoms. The first kappa shape index (κ1) is 15.6. The fourth-order valence-corrected chi connectivity index (χ4v) is 2.59. The molecule has 2 aromatic rings. The molecule has 1 atom stereocenters. The first-order chi connectivity index (χ1) is 10.0. The van der Waals surface area contributed by atoms with E-state index in [4.69, 9.17) is 0 Å². The highest BCUT2D eigenvalue weighted by Gasteiger charge is 2.17. The predicted octanol–water partition coefficient (Wildman–Crippen LogP) is 4.47. The highest BCUT2D eigenvalue weighted by atomic mass is 19.1. The van der Waals surface area contributed by atoms with Gasteiger partial charge in [0.15, 0.2) is 0 Å². The third-order valence-electron chi connectivity index (χ3n) is 3.78. The molecule has 0 aliphatic rings. The van der Waals surface area contributed by atoms with Gasteiger partial charge in [0.1, 0.15) is 11.6 Å². The lowest BCUT2D eigenvalue weighted by Crippen LogP contribution is -2.24. The second-order valence-electron chi connectivity index (χ2n) is 5.36. The maximum absolute atomic E-state index is 14.3. The maximum Gasteiger partial charge on any atom is 0.130 e. The van der Waals surface area contributed by atoms with Crippen LogP contribution in [0.1, 0.15) is 35.2 Å². The van der Waals surface area contributed by atoms with Crippen LogP contribution in [0.3, 0.4) is 0 Å². The number of halogens is 2. The van der Waals surface area contributed by atoms with E-state index in [1.165, 1.54) is 12.1 Å². The van der Waals surface area contributed by atoms with Gasteiger partial charge in [-0.15, -0.1) is 0 Å². The zero-order valence-electron chi connectivity index (χ0n) is 12.7. The smallest absolute Gasteiger partial charge is 0.130 e. The normalized spacial score (nSPS) is 12.4. The first-order valence-corrected chi connectivity index (χ1v) is 7.26. The Balaban J connectivity index is 2.33. The van der Waals surface area contributed by atoms with E-state index in [1.807, 2.05) is 26.0 Å². The van der Waals surface area contributed by atoms with Gasteiger partial charge in [-0.25, -0.2) is 8.78 Å². The quantitative estimate of drug-likeness (QED) is 0.856. The van der Waals surface area contributed by atoms with Crippen molar-refractivity contribution in [1.29, 1.82) is 0 Å². The summed E-state index contributed by atoms with van der Waals surface area (Å²) in [4.78, 5) is 0. The van der Waals surface area contributed by atoms with Crippen molar-refractivity contribution in [3.8, 4) is 0 Å². The Bertz CT molecular complexity index is 623. The van der Waals surface area contributed by atoms with Crippen molar-refractivity contribution >= 4 is 0 Å². The molecule has 0 fully saturated rings. The molecule has 0 saturated heterocycles. The van der Waals surface area contributed by atoms with Gasteiger partial charge in [-0.1, -0.05) is 31.2 Å². The Morgan fingerprint density at radius 3 is 2.48 bits per heavy atom. The van der Waals surface area contributed by atoms with Crippen LogP contribution < -0.4 is 5.32 Å². The molecule has 1 nitrogen and oxygen atoms in total. The van der Waals surface area contributed by atoms with E-state index in [0.29, 0.717) is 17.5 Å². The van der Waals surface area contributed by atoms with E-state index in [2.05, 4.69) is 5.32 Å². The molecule has 0 spiro atoms. The van der Waals surface area contributed by atoms with E-state index in [-0.39, 0.29) is 17.7 Å². The molecule has 1 unspecified atom stereocenters. The Kier molecular flexibility index (Phi) is 5.07. The molecular formula is C18H21F2N. The number of hydrogen-bond acceptors (Lipinski definition) is 1. The van der Waals surface area contributed by atoms with Gasteiger partial charge in [-0.3, -0.25) is 0 Å². The van der Waals surface area contributed by atoms with Crippen molar-refractivity contribution in [1.82, 2.24) is 5.32 Å². The average Bonchev–Trinajstić information content (AvgIpc) is 2.44. The lowest BCUT2D eigenvalue weighted by Gasteiger charge is -2.21. The van der Waals surface area contributed by atoms with Gasteiger partial charge in [-0.2, -0.15) is 0 Å². The number of rotatable bonds is 5. The van der Waals surface area contributed by atoms with Crippen LogP contribution in [0, 0.1) is 25.5 Å². The summed E-state index contributed by atoms with van der Waals surface area (Å²) in [5.41, 5.74) is 3.24. The Morgan fingerprint density at radius 2 is 1.81 bits per heavy atom. The topological polar surface area (TPSA) is 12.0 Å². The van der Waals surface area contributed by atoms with Crippen molar-refractivity contribution in [2.45, 2.75) is 33.2 Å². The van der Waals surface area contributed by atoms with Crippen LogP contribution in [0.5, 0.6) is 0 Å². The minimum Gasteiger partial charge on any atom is -0.310 e. The summed E-state index contributed by atoms with van der Waals surface area (Å²) in [6, 6.07) is 10.1. The summed E-state index contributed by atoms with van der Waals surface area (Å²) in [5, 5.41) is 3.32. The molecule has 0 heterocycles. The second-order valence-corrected chi connectivity index (χ2v) is 5.36. The highest BCUT2D eigenvalue weighted by Crippen LogP contribution is 2.24. The fraction of sp³-hybridized carbons (Fsp3) is 0.333. The summed E-state index contributed by atoms with van der Waals surface area (Å²) in [6.07, 6.45) is 0.639. The largest absolute Gasteiger partial charge is 0.310 e. The molecule has 0 radical (unpaired) electrons. The molecule has 2 rings (SSSR count). The molecule has 0 amide bonds. The maximum atomic E-state index is 14.3. The second kappa shape index (κ2) is 6.81. The number of likely N-dealkylation sites (N-methyl/N-ethyl adjacent to an activating group) is 1. The third-order valence-corrected chi connectivity index (χ3v) is 3.78. The standard InChI is InChI=1S/C18H21F2N/c1-4-21-17(16-7-5-6-12(2)18(16)20)11-14-8-9-15(19)10-13(14)3/h5-10,17,21H,4,11H2,1-3H3. The monoisotopic (exact) mass is 289 g/mol. The van der Waals surface area contributed by atoms with Crippen LogP contribution in [0.15, 0.2) is 36.4 Å². The molecule has 0 aromatic heterocycles. The number of benzene rings is 2. The van der Waals surface area contributed by atoms with Crippen LogP contribution in [0.4, 0.5) is 8.78 Å². The van der Waals surface area contributed by atoms with Gasteiger partial charge in [0.25, 0.3) is 0 Å². The number of hydrogen-bond donors (Lipinski definition) is 1. The van der Waals surface area contributed by atoms with E-state index in [1.54, 1.807) is 19.1 Å². The van der Waals surface area contributed by atoms with Crippen LogP contribution >= 0.6 is 0 Å². The average molecular weight is 289 g/mol. The number of aryl methyl sites for hydroxylation is 2. The molecule has 2 aromatic carbocycles. The van der Waals surface area contributed by atoms with E-state index >= 15 is 0 Å². The Hall–Kier alpha value is -1.74. The van der Waals surface area contributed by atoms with Gasteiger partial charge in [-0.05, 0) is 55.6 Å². The molecule has 21 heavy (non-hydrogen) atoms. The van der Waals surface area contributed by atoms with Gasteiger partial charge >= 0.3 is 0 Å². The zero-order valence-corrected chi connectivity index (χ0v) is 12.7. The summed E-state index contributed by atoms with van der Waals surface area (Å²) < 4.78 is 27.5. The summed E-state index contributed by atoms with van der Waals surface area (Å²) in [6.45, 7) is 6.40. The minimum atomic E-state index is -0.238. The van der Waals surface area contributed by atoms with E-state index < -0.39 is 0 Å². The van der Waals surface area contributed by atoms with Gasteiger partial charge in [0, 0.05) is 11.6 Å². The fourth-order valence-electron chi connectivity index (χ4n) is 2.59. The van der Waals surface area contributed by atoms with Crippen molar-refractivity contribution in [2.75, 3.05) is 6.54 Å². The summed E-state index contributed by atoms with van der Waals surface area (Å²) in [5.74, 6) is -0.402. The molecular weight excluding hydrogens is 268 g/mol. The number of nitrogens with one attached hydrogen (secondary N) is 1. The first-order valence-electron chi connectivity index (χ1n) is 7.26. The molecule has 0 saturated carbocycles. The SMILES string of the molecule is CCNC(Cc1ccc(F)cc1C)c1cccc(C)c1F. The van der Waals surface area contributed by atoms with Crippen molar-refractivity contribution in [3.63, 3.8) is 0 Å². The summed E-state index contributed by atoms with van der Waals surface area (Å²) in [7, 11) is 0. The lowest BCUT2D eigenvalue weighted by molar-refractivity contribution is 0.506. The lowest BCUT2D eigenvalue weighted by atomic mass is 9.94. The van der Waals surface area contributed by atoms with Crippen LogP contribution in [-0.2, 0) is 6.42 Å². The van der Waals surface area contributed by atoms with E-state index in [9.17, 15) is 8.78 Å². The predicted molar refractivity (Wildman–Crippen MR) is 82.4 cm³/mol. The zero-order chi connectivity index (χ0) is 15.4. The molecule has 0 aliphatic heterocycles. The van der Waals surface area contributed by atoms with Gasteiger partial charge in [0.2, 0.25) is 0 Å². The summed E-state index contributed by atoms with van der Waals surface area (Å²) >= 11 is 0. The van der Waals surface area contributed by atoms with Crippen molar-refractivity contribution < 1.29 is 8.78 Å². The molecule has 3 heteroatoms. The van der Waals surface area contributed by atoms with Crippen LogP contribution in [0.2, 0.25) is 0 Å². The molecule has 0 aliphatic carbocycles. The third kappa shape index (κ3) is 3.67. The Labute approximate surface area is 125 Å². The van der Waals surface area contributed by atoms with Gasteiger partial charge < -0.3 is 5.32 Å².